The van der Waals surface area contributed by atoms with Gasteiger partial charge in [-0.3, -0.25) is 0 Å². The summed E-state index contributed by atoms with van der Waals surface area (Å²) in [6, 6.07) is 21.4. The maximum Gasteiger partial charge on any atom is 0.174 e. The fourth-order valence-corrected chi connectivity index (χ4v) is 3.21. The van der Waals surface area contributed by atoms with Crippen molar-refractivity contribution >= 4 is 39.7 Å². The zero-order chi connectivity index (χ0) is 21.6. The quantitative estimate of drug-likeness (QED) is 0.347. The van der Waals surface area contributed by atoms with Crippen LogP contribution in [0.2, 0.25) is 0 Å². The summed E-state index contributed by atoms with van der Waals surface area (Å²) in [5.74, 6) is 2.63. The minimum absolute atomic E-state index is 0.566. The number of fused-ring (bicyclic) bond motifs is 1. The van der Waals surface area contributed by atoms with Crippen LogP contribution in [-0.4, -0.2) is 30.7 Å². The molecule has 0 unspecified atom stereocenters. The van der Waals surface area contributed by atoms with E-state index in [9.17, 15) is 0 Å². The zero-order valence-corrected chi connectivity index (χ0v) is 17.8. The van der Waals surface area contributed by atoms with Crippen molar-refractivity contribution in [3.05, 3.63) is 66.7 Å². The third kappa shape index (κ3) is 4.78. The number of nitrogens with one attached hydrogen (secondary N) is 3. The van der Waals surface area contributed by atoms with E-state index in [1.807, 2.05) is 80.7 Å². The van der Waals surface area contributed by atoms with Gasteiger partial charge in [0.2, 0.25) is 0 Å². The number of anilines is 5. The van der Waals surface area contributed by atoms with Gasteiger partial charge in [0.25, 0.3) is 0 Å². The second kappa shape index (κ2) is 9.21. The van der Waals surface area contributed by atoms with Crippen molar-refractivity contribution in [1.29, 1.82) is 0 Å². The van der Waals surface area contributed by atoms with Crippen LogP contribution in [0.25, 0.3) is 11.0 Å². The molecule has 31 heavy (non-hydrogen) atoms. The highest BCUT2D eigenvalue weighted by molar-refractivity contribution is 5.83. The summed E-state index contributed by atoms with van der Waals surface area (Å²) in [6.07, 6.45) is 0. The van der Waals surface area contributed by atoms with E-state index in [1.54, 1.807) is 7.11 Å². The molecule has 3 aromatic carbocycles. The van der Waals surface area contributed by atoms with Gasteiger partial charge in [0.1, 0.15) is 11.5 Å². The molecule has 0 amide bonds. The highest BCUT2D eigenvalue weighted by Crippen LogP contribution is 2.32. The predicted octanol–water partition coefficient (Wildman–Crippen LogP) is 5.57. The largest absolute Gasteiger partial charge is 0.497 e. The summed E-state index contributed by atoms with van der Waals surface area (Å²) in [5.41, 5.74) is 4.30. The van der Waals surface area contributed by atoms with Gasteiger partial charge in [-0.1, -0.05) is 18.2 Å². The Morgan fingerprint density at radius 3 is 2.03 bits per heavy atom. The average molecular weight is 415 g/mol. The molecule has 7 nitrogen and oxygen atoms in total. The van der Waals surface area contributed by atoms with E-state index in [-0.39, 0.29) is 0 Å². The Morgan fingerprint density at radius 2 is 1.39 bits per heavy atom. The molecule has 1 aromatic heterocycles. The van der Waals surface area contributed by atoms with Gasteiger partial charge in [0.15, 0.2) is 11.6 Å². The Bertz CT molecular complexity index is 1200. The predicted molar refractivity (Wildman–Crippen MR) is 126 cm³/mol. The van der Waals surface area contributed by atoms with Gasteiger partial charge in [-0.25, -0.2) is 9.97 Å². The van der Waals surface area contributed by atoms with Crippen LogP contribution in [-0.2, 0) is 0 Å². The molecule has 0 radical (unpaired) electrons. The first-order valence-corrected chi connectivity index (χ1v) is 10.1. The molecule has 1 heterocycles. The van der Waals surface area contributed by atoms with E-state index in [4.69, 9.17) is 19.4 Å². The van der Waals surface area contributed by atoms with E-state index in [2.05, 4.69) is 16.0 Å². The summed E-state index contributed by atoms with van der Waals surface area (Å²) in [4.78, 5) is 9.61. The molecule has 4 aromatic rings. The maximum atomic E-state index is 5.67. The van der Waals surface area contributed by atoms with Crippen LogP contribution in [0.3, 0.4) is 0 Å². The Morgan fingerprint density at radius 1 is 0.742 bits per heavy atom. The van der Waals surface area contributed by atoms with Crippen molar-refractivity contribution in [2.75, 3.05) is 36.7 Å². The average Bonchev–Trinajstić information content (AvgIpc) is 2.79. The summed E-state index contributed by atoms with van der Waals surface area (Å²) in [5, 5.41) is 9.91. The number of hydrogen-bond acceptors (Lipinski definition) is 7. The fraction of sp³-hybridized carbons (Fsp3) is 0.167. The molecule has 0 atom stereocenters. The van der Waals surface area contributed by atoms with Crippen LogP contribution in [0.5, 0.6) is 11.5 Å². The highest BCUT2D eigenvalue weighted by atomic mass is 16.5. The fourth-order valence-electron chi connectivity index (χ4n) is 3.21. The molecule has 0 bridgehead atoms. The van der Waals surface area contributed by atoms with Crippen LogP contribution >= 0.6 is 0 Å². The van der Waals surface area contributed by atoms with Crippen molar-refractivity contribution in [2.24, 2.45) is 0 Å². The molecule has 0 saturated carbocycles. The second-order valence-electron chi connectivity index (χ2n) is 6.82. The van der Waals surface area contributed by atoms with Crippen LogP contribution < -0.4 is 25.4 Å². The second-order valence-corrected chi connectivity index (χ2v) is 6.82. The molecular formula is C24H25N5O2. The van der Waals surface area contributed by atoms with Gasteiger partial charge in [-0.15, -0.1) is 0 Å². The first-order chi connectivity index (χ1) is 15.2. The Hall–Kier alpha value is -4.00. The van der Waals surface area contributed by atoms with Crippen molar-refractivity contribution in [1.82, 2.24) is 9.97 Å². The number of hydrogen-bond donors (Lipinski definition) is 3. The lowest BCUT2D eigenvalue weighted by Crippen LogP contribution is -2.04. The lowest BCUT2D eigenvalue weighted by atomic mass is 10.2. The Kier molecular flexibility index (Phi) is 6.03. The Labute approximate surface area is 181 Å². The summed E-state index contributed by atoms with van der Waals surface area (Å²) in [7, 11) is 3.52. The highest BCUT2D eigenvalue weighted by Gasteiger charge is 2.12. The first-order valence-electron chi connectivity index (χ1n) is 10.1. The van der Waals surface area contributed by atoms with Crippen LogP contribution in [0.15, 0.2) is 66.7 Å². The van der Waals surface area contributed by atoms with Gasteiger partial charge in [0, 0.05) is 42.3 Å². The normalized spacial score (nSPS) is 10.5. The monoisotopic (exact) mass is 415 g/mol. The van der Waals surface area contributed by atoms with Crippen molar-refractivity contribution in [3.8, 4) is 11.5 Å². The molecular weight excluding hydrogens is 390 g/mol. The molecule has 0 spiro atoms. The molecule has 4 rings (SSSR count). The van der Waals surface area contributed by atoms with E-state index < -0.39 is 0 Å². The molecule has 158 valence electrons. The maximum absolute atomic E-state index is 5.67. The zero-order valence-electron chi connectivity index (χ0n) is 17.8. The van der Waals surface area contributed by atoms with E-state index in [0.29, 0.717) is 29.7 Å². The standard InChI is InChI=1S/C24H25N5O2/c1-4-31-20-14-18(13-19(15-20)30-3)27-24-23(26-17-9-7-8-16(12-17)25-2)28-21-10-5-6-11-22(21)29-24/h5-15,25H,4H2,1-3H3,(H,26,28)(H,27,29). The lowest BCUT2D eigenvalue weighted by Gasteiger charge is -2.15. The van der Waals surface area contributed by atoms with Gasteiger partial charge in [-0.2, -0.15) is 0 Å². The van der Waals surface area contributed by atoms with Crippen LogP contribution in [0, 0.1) is 0 Å². The van der Waals surface area contributed by atoms with Gasteiger partial charge in [-0.05, 0) is 37.3 Å². The van der Waals surface area contributed by atoms with Crippen LogP contribution in [0.1, 0.15) is 6.92 Å². The number of benzene rings is 3. The van der Waals surface area contributed by atoms with Gasteiger partial charge >= 0.3 is 0 Å². The van der Waals surface area contributed by atoms with E-state index in [1.165, 1.54) is 0 Å². The number of ether oxygens (including phenoxy) is 2. The number of rotatable bonds is 8. The summed E-state index contributed by atoms with van der Waals surface area (Å²) < 4.78 is 11.1. The van der Waals surface area contributed by atoms with E-state index in [0.717, 1.165) is 28.1 Å². The third-order valence-electron chi connectivity index (χ3n) is 4.67. The minimum atomic E-state index is 0.566. The van der Waals surface area contributed by atoms with E-state index >= 15 is 0 Å². The van der Waals surface area contributed by atoms with Crippen LogP contribution in [0.4, 0.5) is 28.7 Å². The SMILES string of the molecule is CCOc1cc(Nc2nc3ccccc3nc2Nc2cccc(NC)c2)cc(OC)c1. The van der Waals surface area contributed by atoms with Crippen molar-refractivity contribution < 1.29 is 9.47 Å². The van der Waals surface area contributed by atoms with Gasteiger partial charge < -0.3 is 25.4 Å². The molecule has 0 aliphatic rings. The topological polar surface area (TPSA) is 80.3 Å². The van der Waals surface area contributed by atoms with Gasteiger partial charge in [0.05, 0.1) is 24.8 Å². The molecule has 7 heteroatoms. The molecule has 0 saturated heterocycles. The Balaban J connectivity index is 1.75. The smallest absolute Gasteiger partial charge is 0.174 e. The van der Waals surface area contributed by atoms with Crippen molar-refractivity contribution in [3.63, 3.8) is 0 Å². The minimum Gasteiger partial charge on any atom is -0.497 e. The molecule has 0 aliphatic carbocycles. The number of methoxy groups -OCH3 is 1. The number of nitrogens with zero attached hydrogens (tertiary/aromatic N) is 2. The van der Waals surface area contributed by atoms with Crippen molar-refractivity contribution in [2.45, 2.75) is 6.92 Å². The molecule has 0 fully saturated rings. The summed E-state index contributed by atoms with van der Waals surface area (Å²) >= 11 is 0. The number of para-hydroxylation sites is 2. The summed E-state index contributed by atoms with van der Waals surface area (Å²) in [6.45, 7) is 2.51. The third-order valence-corrected chi connectivity index (χ3v) is 4.67. The molecule has 0 aliphatic heterocycles. The molecule has 3 N–H and O–H groups in total. The first kappa shape index (κ1) is 20.3. The number of aromatic nitrogens is 2. The lowest BCUT2D eigenvalue weighted by molar-refractivity contribution is 0.336.